The third kappa shape index (κ3) is 4.56. The van der Waals surface area contributed by atoms with Gasteiger partial charge in [-0.25, -0.2) is 12.8 Å². The maximum Gasteiger partial charge on any atom is 0.416 e. The van der Waals surface area contributed by atoms with Gasteiger partial charge in [-0.2, -0.15) is 13.2 Å². The summed E-state index contributed by atoms with van der Waals surface area (Å²) >= 11 is 0. The lowest BCUT2D eigenvalue weighted by molar-refractivity contribution is -0.137. The summed E-state index contributed by atoms with van der Waals surface area (Å²) in [6.07, 6.45) is -4.51. The Morgan fingerprint density at radius 1 is 0.933 bits per heavy atom. The van der Waals surface area contributed by atoms with E-state index in [0.29, 0.717) is 11.3 Å². The van der Waals surface area contributed by atoms with E-state index in [1.165, 1.54) is 43.5 Å². The first kappa shape index (κ1) is 21.6. The van der Waals surface area contributed by atoms with Crippen LogP contribution in [0.5, 0.6) is 5.75 Å². The molecule has 0 aliphatic carbocycles. The van der Waals surface area contributed by atoms with Crippen molar-refractivity contribution in [3.63, 3.8) is 0 Å². The van der Waals surface area contributed by atoms with Gasteiger partial charge >= 0.3 is 6.18 Å². The number of sulfonamides is 1. The maximum atomic E-state index is 14.3. The number of benzene rings is 3. The lowest BCUT2D eigenvalue weighted by Gasteiger charge is -2.25. The lowest BCUT2D eigenvalue weighted by atomic mass is 10.1. The average Bonchev–Trinajstić information content (AvgIpc) is 2.72. The van der Waals surface area contributed by atoms with Crippen molar-refractivity contribution < 1.29 is 30.7 Å². The molecule has 0 aromatic heterocycles. The number of alkyl halides is 3. The molecule has 9 heteroatoms. The van der Waals surface area contributed by atoms with Crippen molar-refractivity contribution >= 4 is 15.7 Å². The molecule has 0 atom stereocenters. The number of hydrogen-bond donors (Lipinski definition) is 0. The Bertz CT molecular complexity index is 1130. The molecule has 0 amide bonds. The molecule has 0 N–H and O–H groups in total. The molecule has 3 aromatic rings. The van der Waals surface area contributed by atoms with Gasteiger partial charge in [0.15, 0.2) is 0 Å². The summed E-state index contributed by atoms with van der Waals surface area (Å²) in [5.41, 5.74) is -0.376. The summed E-state index contributed by atoms with van der Waals surface area (Å²) in [5.74, 6) is -0.563. The Labute approximate surface area is 171 Å². The maximum absolute atomic E-state index is 14.3. The molecular formula is C21H17F4NO3S. The van der Waals surface area contributed by atoms with Gasteiger partial charge in [-0.15, -0.1) is 0 Å². The fourth-order valence-electron chi connectivity index (χ4n) is 2.82. The average molecular weight is 439 g/mol. The van der Waals surface area contributed by atoms with Crippen molar-refractivity contribution in [1.82, 2.24) is 0 Å². The molecule has 0 fully saturated rings. The van der Waals surface area contributed by atoms with Gasteiger partial charge in [-0.3, -0.25) is 4.31 Å². The second kappa shape index (κ2) is 8.35. The highest BCUT2D eigenvalue weighted by atomic mass is 32.2. The second-order valence-electron chi connectivity index (χ2n) is 6.34. The summed E-state index contributed by atoms with van der Waals surface area (Å²) in [7, 11) is -2.96. The Hall–Kier alpha value is -3.07. The molecule has 30 heavy (non-hydrogen) atoms. The van der Waals surface area contributed by atoms with Crippen LogP contribution in [0.4, 0.5) is 23.2 Å². The van der Waals surface area contributed by atoms with Crippen molar-refractivity contribution in [3.05, 3.63) is 89.7 Å². The van der Waals surface area contributed by atoms with E-state index in [1.54, 1.807) is 12.1 Å². The van der Waals surface area contributed by atoms with Crippen molar-refractivity contribution in [1.29, 1.82) is 0 Å². The number of nitrogens with zero attached hydrogens (tertiary/aromatic N) is 1. The SMILES string of the molecule is COc1cccc(N(Cc2ccc(C(F)(F)F)cc2)S(=O)(=O)c2ccccc2F)c1. The minimum atomic E-state index is -4.51. The Morgan fingerprint density at radius 3 is 2.20 bits per heavy atom. The van der Waals surface area contributed by atoms with Crippen LogP contribution in [0.1, 0.15) is 11.1 Å². The van der Waals surface area contributed by atoms with Gasteiger partial charge < -0.3 is 4.74 Å². The first-order valence-electron chi connectivity index (χ1n) is 8.70. The molecular weight excluding hydrogens is 422 g/mol. The van der Waals surface area contributed by atoms with E-state index in [2.05, 4.69) is 0 Å². The molecule has 0 bridgehead atoms. The topological polar surface area (TPSA) is 46.6 Å². The number of rotatable bonds is 6. The van der Waals surface area contributed by atoms with Gasteiger partial charge in [0.25, 0.3) is 10.0 Å². The minimum Gasteiger partial charge on any atom is -0.497 e. The Kier molecular flexibility index (Phi) is 6.02. The third-order valence-electron chi connectivity index (χ3n) is 4.35. The second-order valence-corrected chi connectivity index (χ2v) is 8.17. The summed E-state index contributed by atoms with van der Waals surface area (Å²) in [6, 6.07) is 15.1. The number of ether oxygens (including phenoxy) is 1. The quantitative estimate of drug-likeness (QED) is 0.493. The van der Waals surface area contributed by atoms with Crippen molar-refractivity contribution in [3.8, 4) is 5.75 Å². The number of halogens is 4. The highest BCUT2D eigenvalue weighted by molar-refractivity contribution is 7.92. The molecule has 0 spiro atoms. The largest absolute Gasteiger partial charge is 0.497 e. The van der Waals surface area contributed by atoms with E-state index in [1.807, 2.05) is 0 Å². The van der Waals surface area contributed by atoms with E-state index in [-0.39, 0.29) is 12.2 Å². The molecule has 0 unspecified atom stereocenters. The zero-order chi connectivity index (χ0) is 21.9. The molecule has 0 radical (unpaired) electrons. The van der Waals surface area contributed by atoms with E-state index in [9.17, 15) is 26.0 Å². The van der Waals surface area contributed by atoms with Gasteiger partial charge in [0.2, 0.25) is 0 Å². The van der Waals surface area contributed by atoms with Crippen LogP contribution in [0.25, 0.3) is 0 Å². The van der Waals surface area contributed by atoms with Crippen LogP contribution in [0.3, 0.4) is 0 Å². The van der Waals surface area contributed by atoms with Crippen LogP contribution in [0.2, 0.25) is 0 Å². The molecule has 3 aromatic carbocycles. The van der Waals surface area contributed by atoms with Crippen LogP contribution < -0.4 is 9.04 Å². The van der Waals surface area contributed by atoms with Gasteiger partial charge in [0, 0.05) is 6.07 Å². The fourth-order valence-corrected chi connectivity index (χ4v) is 4.33. The molecule has 0 saturated heterocycles. The molecule has 4 nitrogen and oxygen atoms in total. The summed E-state index contributed by atoms with van der Waals surface area (Å²) in [4.78, 5) is -0.542. The highest BCUT2D eigenvalue weighted by Crippen LogP contribution is 2.32. The summed E-state index contributed by atoms with van der Waals surface area (Å²) in [5, 5.41) is 0. The number of hydrogen-bond acceptors (Lipinski definition) is 3. The standard InChI is InChI=1S/C21H17F4NO3S/c1-29-18-6-4-5-17(13-18)26(30(27,28)20-8-3-2-7-19(20)22)14-15-9-11-16(12-10-15)21(23,24)25/h2-13H,14H2,1H3. The fraction of sp³-hybridized carbons (Fsp3) is 0.143. The number of methoxy groups -OCH3 is 1. The van der Waals surface area contributed by atoms with Crippen LogP contribution >= 0.6 is 0 Å². The summed E-state index contributed by atoms with van der Waals surface area (Å²) in [6.45, 7) is -0.304. The van der Waals surface area contributed by atoms with E-state index < -0.39 is 32.5 Å². The molecule has 0 saturated carbocycles. The first-order valence-corrected chi connectivity index (χ1v) is 10.1. The van der Waals surface area contributed by atoms with Crippen molar-refractivity contribution in [2.75, 3.05) is 11.4 Å². The predicted octanol–water partition coefficient (Wildman–Crippen LogP) is 5.25. The Morgan fingerprint density at radius 2 is 1.60 bits per heavy atom. The minimum absolute atomic E-state index is 0.178. The van der Waals surface area contributed by atoms with Gasteiger partial charge in [0.1, 0.15) is 16.5 Å². The van der Waals surface area contributed by atoms with Crippen LogP contribution in [0.15, 0.2) is 77.7 Å². The van der Waals surface area contributed by atoms with Crippen LogP contribution in [-0.4, -0.2) is 15.5 Å². The molecule has 3 rings (SSSR count). The molecule has 158 valence electrons. The predicted molar refractivity (Wildman–Crippen MR) is 104 cm³/mol. The number of anilines is 1. The summed E-state index contributed by atoms with van der Waals surface area (Å²) < 4.78 is 85.3. The first-order chi connectivity index (χ1) is 14.1. The Balaban J connectivity index is 2.07. The molecule has 0 aliphatic rings. The van der Waals surface area contributed by atoms with Gasteiger partial charge in [-0.05, 0) is 42.0 Å². The van der Waals surface area contributed by atoms with E-state index in [4.69, 9.17) is 4.74 Å². The van der Waals surface area contributed by atoms with E-state index >= 15 is 0 Å². The third-order valence-corrected chi connectivity index (χ3v) is 6.16. The zero-order valence-electron chi connectivity index (χ0n) is 15.7. The van der Waals surface area contributed by atoms with Crippen LogP contribution in [-0.2, 0) is 22.7 Å². The van der Waals surface area contributed by atoms with Gasteiger partial charge in [0.05, 0.1) is 24.9 Å². The lowest BCUT2D eigenvalue weighted by Crippen LogP contribution is -2.31. The van der Waals surface area contributed by atoms with Crippen molar-refractivity contribution in [2.45, 2.75) is 17.6 Å². The smallest absolute Gasteiger partial charge is 0.416 e. The highest BCUT2D eigenvalue weighted by Gasteiger charge is 2.31. The van der Waals surface area contributed by atoms with E-state index in [0.717, 1.165) is 28.6 Å². The van der Waals surface area contributed by atoms with Gasteiger partial charge in [-0.1, -0.05) is 30.3 Å². The zero-order valence-corrected chi connectivity index (χ0v) is 16.5. The molecule has 0 aliphatic heterocycles. The monoisotopic (exact) mass is 439 g/mol. The molecule has 0 heterocycles. The normalized spacial score (nSPS) is 11.9. The van der Waals surface area contributed by atoms with Crippen molar-refractivity contribution in [2.24, 2.45) is 0 Å². The van der Waals surface area contributed by atoms with Crippen LogP contribution in [0, 0.1) is 5.82 Å².